The van der Waals surface area contributed by atoms with E-state index >= 15 is 0 Å². The van der Waals surface area contributed by atoms with Gasteiger partial charge in [-0.15, -0.1) is 11.3 Å². The molecule has 1 aromatic rings. The Hall–Kier alpha value is -0.700. The molecule has 0 spiro atoms. The van der Waals surface area contributed by atoms with Crippen molar-refractivity contribution >= 4 is 26.5 Å². The highest BCUT2D eigenvalue weighted by molar-refractivity contribution is 7.89. The van der Waals surface area contributed by atoms with Crippen molar-refractivity contribution in [2.24, 2.45) is 0 Å². The monoisotopic (exact) mass is 306 g/mol. The molecule has 1 rings (SSSR count). The van der Waals surface area contributed by atoms with E-state index < -0.39 is 10.0 Å². The van der Waals surface area contributed by atoms with E-state index in [0.717, 1.165) is 23.1 Å². The molecule has 0 amide bonds. The number of nitrogens with zero attached hydrogens (tertiary/aromatic N) is 2. The third-order valence-electron chi connectivity index (χ3n) is 2.73. The van der Waals surface area contributed by atoms with Gasteiger partial charge >= 0.3 is 0 Å². The predicted molar refractivity (Wildman–Crippen MR) is 80.2 cm³/mol. The maximum Gasteiger partial charge on any atom is 0.212 e. The maximum atomic E-state index is 11.2. The van der Waals surface area contributed by atoms with Crippen LogP contribution >= 0.6 is 11.3 Å². The first-order valence-corrected chi connectivity index (χ1v) is 8.80. The molecule has 0 aliphatic carbocycles. The summed E-state index contributed by atoms with van der Waals surface area (Å²) in [6.07, 6.45) is 1.85. The van der Waals surface area contributed by atoms with Gasteiger partial charge in [0.2, 0.25) is 10.0 Å². The second-order valence-corrected chi connectivity index (χ2v) is 7.12. The summed E-state index contributed by atoms with van der Waals surface area (Å²) < 4.78 is 24.7. The zero-order chi connectivity index (χ0) is 14.3. The molecular weight excluding hydrogens is 284 g/mol. The van der Waals surface area contributed by atoms with E-state index in [2.05, 4.69) is 33.8 Å². The Kier molecular flexibility index (Phi) is 6.70. The van der Waals surface area contributed by atoms with Crippen molar-refractivity contribution in [2.45, 2.75) is 20.4 Å². The minimum absolute atomic E-state index is 0.0885. The molecule has 6 nitrogen and oxygen atoms in total. The summed E-state index contributed by atoms with van der Waals surface area (Å²) >= 11 is 1.64. The Labute approximate surface area is 119 Å². The van der Waals surface area contributed by atoms with Crippen molar-refractivity contribution in [3.63, 3.8) is 0 Å². The Morgan fingerprint density at radius 2 is 2.05 bits per heavy atom. The van der Waals surface area contributed by atoms with Gasteiger partial charge in [-0.05, 0) is 20.9 Å². The van der Waals surface area contributed by atoms with Gasteiger partial charge in [-0.25, -0.2) is 18.1 Å². The van der Waals surface area contributed by atoms with Crippen LogP contribution in [0, 0.1) is 0 Å². The molecule has 0 bridgehead atoms. The second-order valence-electron chi connectivity index (χ2n) is 3.98. The standard InChI is InChI=1S/C11H22N4O2S2/c1-4-15(5-2)11-14-9-10(18-11)8-13-6-7-19(16,17)12-3/h9,12-13H,4-8H2,1-3H3. The zero-order valence-corrected chi connectivity index (χ0v) is 13.3. The van der Waals surface area contributed by atoms with Crippen LogP contribution < -0.4 is 14.9 Å². The Morgan fingerprint density at radius 1 is 1.37 bits per heavy atom. The Balaban J connectivity index is 2.39. The van der Waals surface area contributed by atoms with Gasteiger partial charge in [-0.3, -0.25) is 0 Å². The molecule has 0 atom stereocenters. The van der Waals surface area contributed by atoms with Gasteiger partial charge in [0.05, 0.1) is 5.75 Å². The van der Waals surface area contributed by atoms with Gasteiger partial charge in [-0.1, -0.05) is 0 Å². The fourth-order valence-electron chi connectivity index (χ4n) is 1.54. The van der Waals surface area contributed by atoms with Gasteiger partial charge in [0.15, 0.2) is 5.13 Å². The van der Waals surface area contributed by atoms with E-state index in [1.54, 1.807) is 11.3 Å². The molecule has 0 saturated carbocycles. The van der Waals surface area contributed by atoms with Crippen molar-refractivity contribution < 1.29 is 8.42 Å². The topological polar surface area (TPSA) is 74.3 Å². The van der Waals surface area contributed by atoms with Crippen molar-refractivity contribution in [3.05, 3.63) is 11.1 Å². The molecule has 0 aliphatic heterocycles. The minimum atomic E-state index is -3.12. The number of anilines is 1. The number of hydrogen-bond acceptors (Lipinski definition) is 6. The van der Waals surface area contributed by atoms with E-state index in [9.17, 15) is 8.42 Å². The van der Waals surface area contributed by atoms with E-state index in [1.165, 1.54) is 7.05 Å². The van der Waals surface area contributed by atoms with Crippen LogP contribution in [0.15, 0.2) is 6.20 Å². The first-order chi connectivity index (χ1) is 9.02. The molecule has 0 aromatic carbocycles. The third-order valence-corrected chi connectivity index (χ3v) is 5.15. The number of hydrogen-bond donors (Lipinski definition) is 2. The summed E-state index contributed by atoms with van der Waals surface area (Å²) in [4.78, 5) is 7.68. The largest absolute Gasteiger partial charge is 0.349 e. The van der Waals surface area contributed by atoms with Gasteiger partial charge in [0.25, 0.3) is 0 Å². The molecule has 0 fully saturated rings. The molecule has 110 valence electrons. The number of sulfonamides is 1. The van der Waals surface area contributed by atoms with Crippen LogP contribution in [-0.2, 0) is 16.6 Å². The summed E-state index contributed by atoms with van der Waals surface area (Å²) in [5, 5.41) is 4.13. The highest BCUT2D eigenvalue weighted by Crippen LogP contribution is 2.21. The van der Waals surface area contributed by atoms with Crippen LogP contribution in [0.5, 0.6) is 0 Å². The molecule has 0 unspecified atom stereocenters. The minimum Gasteiger partial charge on any atom is -0.349 e. The summed E-state index contributed by atoms with van der Waals surface area (Å²) in [7, 11) is -1.70. The maximum absolute atomic E-state index is 11.2. The average Bonchev–Trinajstić information content (AvgIpc) is 2.85. The lowest BCUT2D eigenvalue weighted by Crippen LogP contribution is -2.29. The normalized spacial score (nSPS) is 11.7. The molecule has 0 saturated heterocycles. The van der Waals surface area contributed by atoms with Crippen LogP contribution in [0.25, 0.3) is 0 Å². The highest BCUT2D eigenvalue weighted by atomic mass is 32.2. The average molecular weight is 306 g/mol. The SMILES string of the molecule is CCN(CC)c1ncc(CNCCS(=O)(=O)NC)s1. The van der Waals surface area contributed by atoms with Crippen LogP contribution in [-0.4, -0.2) is 45.8 Å². The zero-order valence-electron chi connectivity index (χ0n) is 11.6. The van der Waals surface area contributed by atoms with Crippen molar-refractivity contribution in [2.75, 3.05) is 37.3 Å². The molecular formula is C11H22N4O2S2. The van der Waals surface area contributed by atoms with Gasteiger partial charge in [0.1, 0.15) is 0 Å². The third kappa shape index (κ3) is 5.43. The lowest BCUT2D eigenvalue weighted by molar-refractivity contribution is 0.583. The number of rotatable bonds is 9. The van der Waals surface area contributed by atoms with Crippen LogP contribution in [0.2, 0.25) is 0 Å². The van der Waals surface area contributed by atoms with E-state index in [4.69, 9.17) is 0 Å². The first kappa shape index (κ1) is 16.4. The number of aromatic nitrogens is 1. The van der Waals surface area contributed by atoms with Crippen molar-refractivity contribution in [3.8, 4) is 0 Å². The second kappa shape index (κ2) is 7.78. The molecule has 19 heavy (non-hydrogen) atoms. The fourth-order valence-corrected chi connectivity index (χ4v) is 3.16. The molecule has 0 aliphatic rings. The van der Waals surface area contributed by atoms with E-state index in [0.29, 0.717) is 13.1 Å². The van der Waals surface area contributed by atoms with Gasteiger partial charge in [0, 0.05) is 37.3 Å². The summed E-state index contributed by atoms with van der Waals surface area (Å²) in [6.45, 7) is 7.17. The van der Waals surface area contributed by atoms with Crippen molar-refractivity contribution in [1.82, 2.24) is 15.0 Å². The molecule has 8 heteroatoms. The molecule has 0 radical (unpaired) electrons. The first-order valence-electron chi connectivity index (χ1n) is 6.34. The summed E-state index contributed by atoms with van der Waals surface area (Å²) in [5.74, 6) is 0.0885. The summed E-state index contributed by atoms with van der Waals surface area (Å²) in [5.41, 5.74) is 0. The van der Waals surface area contributed by atoms with Gasteiger partial charge < -0.3 is 10.2 Å². The van der Waals surface area contributed by atoms with Crippen LogP contribution in [0.3, 0.4) is 0 Å². The number of nitrogens with one attached hydrogen (secondary N) is 2. The Morgan fingerprint density at radius 3 is 2.63 bits per heavy atom. The molecule has 1 aromatic heterocycles. The van der Waals surface area contributed by atoms with Crippen molar-refractivity contribution in [1.29, 1.82) is 0 Å². The highest BCUT2D eigenvalue weighted by Gasteiger charge is 2.08. The van der Waals surface area contributed by atoms with E-state index in [-0.39, 0.29) is 5.75 Å². The quantitative estimate of drug-likeness (QED) is 0.655. The Bertz CT molecular complexity index is 469. The van der Waals surface area contributed by atoms with Crippen LogP contribution in [0.4, 0.5) is 5.13 Å². The molecule has 2 N–H and O–H groups in total. The molecule has 1 heterocycles. The predicted octanol–water partition coefficient (Wildman–Crippen LogP) is 0.628. The fraction of sp³-hybridized carbons (Fsp3) is 0.727. The summed E-state index contributed by atoms with van der Waals surface area (Å²) in [6, 6.07) is 0. The van der Waals surface area contributed by atoms with E-state index in [1.807, 2.05) is 6.20 Å². The van der Waals surface area contributed by atoms with Gasteiger partial charge in [-0.2, -0.15) is 0 Å². The smallest absolute Gasteiger partial charge is 0.212 e. The van der Waals surface area contributed by atoms with Crippen LogP contribution in [0.1, 0.15) is 18.7 Å². The number of thiazole rings is 1. The lowest BCUT2D eigenvalue weighted by atomic mass is 10.5. The lowest BCUT2D eigenvalue weighted by Gasteiger charge is -2.16.